The van der Waals surface area contributed by atoms with Gasteiger partial charge >= 0.3 is 6.03 Å². The van der Waals surface area contributed by atoms with Crippen molar-refractivity contribution in [2.45, 2.75) is 25.7 Å². The molecule has 2 N–H and O–H groups in total. The highest BCUT2D eigenvalue weighted by Gasteiger charge is 2.34. The number of aliphatic imine (C=N–C) groups is 2. The molecular formula is C30H36N8O2. The number of nitrogens with zero attached hydrogens (tertiary/aromatic N) is 7. The smallest absolute Gasteiger partial charge is 0.320 e. The van der Waals surface area contributed by atoms with E-state index in [4.69, 9.17) is 10.7 Å². The molecule has 10 heteroatoms. The number of hydrogen-bond donors (Lipinski definition) is 1. The number of allylic oxidation sites excluding steroid dienone is 1. The van der Waals surface area contributed by atoms with E-state index >= 15 is 0 Å². The minimum absolute atomic E-state index is 0.0517. The molecule has 3 amide bonds. The zero-order valence-electron chi connectivity index (χ0n) is 23.2. The summed E-state index contributed by atoms with van der Waals surface area (Å²) in [6, 6.07) is 12.3. The minimum Gasteiger partial charge on any atom is -0.383 e. The zero-order valence-corrected chi connectivity index (χ0v) is 23.2. The number of hydrogen-bond acceptors (Lipinski definition) is 6. The highest BCUT2D eigenvalue weighted by molar-refractivity contribution is 6.34. The molecule has 1 aromatic heterocycles. The molecule has 3 aliphatic heterocycles. The molecule has 1 atom stereocenters. The molecule has 4 heterocycles. The van der Waals surface area contributed by atoms with Crippen LogP contribution >= 0.6 is 0 Å². The van der Waals surface area contributed by atoms with Crippen LogP contribution in [0.5, 0.6) is 0 Å². The fourth-order valence-corrected chi connectivity index (χ4v) is 5.55. The van der Waals surface area contributed by atoms with Crippen molar-refractivity contribution in [3.8, 4) is 0 Å². The number of aromatic nitrogens is 1. The summed E-state index contributed by atoms with van der Waals surface area (Å²) >= 11 is 0. The van der Waals surface area contributed by atoms with E-state index < -0.39 is 0 Å². The van der Waals surface area contributed by atoms with Gasteiger partial charge in [-0.2, -0.15) is 0 Å². The van der Waals surface area contributed by atoms with Crippen LogP contribution < -0.4 is 10.6 Å². The topological polar surface area (TPSA) is 111 Å². The van der Waals surface area contributed by atoms with Gasteiger partial charge in [0, 0.05) is 64.1 Å². The van der Waals surface area contributed by atoms with Gasteiger partial charge in [-0.3, -0.25) is 14.7 Å². The maximum atomic E-state index is 13.2. The summed E-state index contributed by atoms with van der Waals surface area (Å²) < 4.78 is 0. The first-order valence-corrected chi connectivity index (χ1v) is 13.8. The number of nitrogens with two attached hydrogens (primary N) is 1. The Balaban J connectivity index is 1.30. The van der Waals surface area contributed by atoms with Gasteiger partial charge in [0.15, 0.2) is 11.7 Å². The van der Waals surface area contributed by atoms with E-state index in [0.29, 0.717) is 44.4 Å². The number of nitrogen functional groups attached to an aromatic ring is 1. The third-order valence-corrected chi connectivity index (χ3v) is 7.69. The maximum Gasteiger partial charge on any atom is 0.320 e. The lowest BCUT2D eigenvalue weighted by Gasteiger charge is -2.36. The van der Waals surface area contributed by atoms with E-state index in [1.54, 1.807) is 18.1 Å². The first kappa shape index (κ1) is 27.1. The van der Waals surface area contributed by atoms with E-state index in [0.717, 1.165) is 42.2 Å². The molecule has 2 fully saturated rings. The lowest BCUT2D eigenvalue weighted by Crippen LogP contribution is -2.53. The van der Waals surface area contributed by atoms with E-state index in [1.807, 2.05) is 26.8 Å². The van der Waals surface area contributed by atoms with E-state index in [9.17, 15) is 9.59 Å². The highest BCUT2D eigenvalue weighted by atomic mass is 16.2. The Kier molecular flexibility index (Phi) is 7.95. The summed E-state index contributed by atoms with van der Waals surface area (Å²) in [5.41, 5.74) is 9.93. The summed E-state index contributed by atoms with van der Waals surface area (Å²) in [6.45, 7) is 9.20. The molecule has 0 aliphatic carbocycles. The van der Waals surface area contributed by atoms with Gasteiger partial charge < -0.3 is 20.4 Å². The van der Waals surface area contributed by atoms with Gasteiger partial charge in [0.2, 0.25) is 5.91 Å². The molecule has 2 saturated heterocycles. The van der Waals surface area contributed by atoms with Crippen LogP contribution in [0.4, 0.5) is 16.3 Å². The average molecular weight is 541 g/mol. The fraction of sp³-hybridized carbons (Fsp3) is 0.367. The van der Waals surface area contributed by atoms with Crippen LogP contribution in [0.3, 0.4) is 0 Å². The van der Waals surface area contributed by atoms with Crippen LogP contribution in [-0.4, -0.2) is 89.6 Å². The number of pyridine rings is 1. The quantitative estimate of drug-likeness (QED) is 0.584. The molecule has 1 aromatic carbocycles. The molecule has 0 spiro atoms. The summed E-state index contributed by atoms with van der Waals surface area (Å²) in [4.78, 5) is 46.3. The van der Waals surface area contributed by atoms with Gasteiger partial charge in [-0.1, -0.05) is 31.7 Å². The van der Waals surface area contributed by atoms with Crippen LogP contribution in [-0.2, 0) is 4.79 Å². The Labute approximate surface area is 235 Å². The van der Waals surface area contributed by atoms with Crippen LogP contribution in [0.25, 0.3) is 0 Å². The molecular weight excluding hydrogens is 504 g/mol. The number of carbonyl (C=O) groups excluding carboxylic acids is 2. The van der Waals surface area contributed by atoms with Crippen molar-refractivity contribution in [2.75, 3.05) is 56.9 Å². The zero-order chi connectivity index (χ0) is 28.2. The van der Waals surface area contributed by atoms with E-state index in [-0.39, 0.29) is 17.9 Å². The summed E-state index contributed by atoms with van der Waals surface area (Å²) in [7, 11) is 1.77. The standard InChI is InChI=1S/C30H36N8O2/c1-4-7-25-29(32-3)38(28(34-25)24-8-6-14-33-27(24)31)23-11-9-21(10-12-23)22-13-15-37(20-22)30(40)36-18-16-35(17-19-36)26(39)5-2/h5-12,14,22H,2,4,13,15-20H2,1,3H3,(H2,31,33)/b25-7+,32-29?. The van der Waals surface area contributed by atoms with Crippen molar-refractivity contribution >= 4 is 35.1 Å². The van der Waals surface area contributed by atoms with E-state index in [1.165, 1.54) is 11.6 Å². The SMILES string of the molecule is C=CC(=O)N1CCN(C(=O)N2CCC(c3ccc(N4C(=NC)/C(=C\CC)N=C4c4cccnc4N)cc3)C2)CC1. The third kappa shape index (κ3) is 5.21. The van der Waals surface area contributed by atoms with Crippen molar-refractivity contribution in [2.24, 2.45) is 9.98 Å². The maximum absolute atomic E-state index is 13.2. The molecule has 0 bridgehead atoms. The number of amidine groups is 2. The number of piperazine rings is 1. The average Bonchev–Trinajstić information content (AvgIpc) is 3.62. The molecule has 0 saturated carbocycles. The number of carbonyl (C=O) groups is 2. The number of rotatable bonds is 5. The van der Waals surface area contributed by atoms with Gasteiger partial charge in [0.1, 0.15) is 11.5 Å². The number of likely N-dealkylation sites (tertiary alicyclic amines) is 1. The Morgan fingerprint density at radius 2 is 1.80 bits per heavy atom. The second kappa shape index (κ2) is 11.7. The van der Waals surface area contributed by atoms with E-state index in [2.05, 4.69) is 53.8 Å². The Hall–Kier alpha value is -4.47. The Morgan fingerprint density at radius 1 is 1.07 bits per heavy atom. The molecule has 40 heavy (non-hydrogen) atoms. The monoisotopic (exact) mass is 540 g/mol. The van der Waals surface area contributed by atoms with Crippen molar-refractivity contribution < 1.29 is 9.59 Å². The predicted octanol–water partition coefficient (Wildman–Crippen LogP) is 3.49. The normalized spacial score (nSPS) is 21.4. The van der Waals surface area contributed by atoms with Gasteiger partial charge in [-0.05, 0) is 48.7 Å². The Morgan fingerprint density at radius 3 is 2.45 bits per heavy atom. The summed E-state index contributed by atoms with van der Waals surface area (Å²) in [5.74, 6) is 2.06. The van der Waals surface area contributed by atoms with Gasteiger partial charge in [0.05, 0.1) is 5.56 Å². The van der Waals surface area contributed by atoms with Crippen molar-refractivity contribution in [1.82, 2.24) is 19.7 Å². The molecule has 208 valence electrons. The van der Waals surface area contributed by atoms with Crippen molar-refractivity contribution in [3.05, 3.63) is 78.1 Å². The number of benzene rings is 1. The van der Waals surface area contributed by atoms with Crippen molar-refractivity contribution in [1.29, 1.82) is 0 Å². The first-order chi connectivity index (χ1) is 19.4. The molecule has 2 aromatic rings. The Bertz CT molecular complexity index is 1370. The van der Waals surface area contributed by atoms with Gasteiger partial charge in [-0.25, -0.2) is 14.8 Å². The second-order valence-corrected chi connectivity index (χ2v) is 10.1. The number of amides is 3. The van der Waals surface area contributed by atoms with Gasteiger partial charge in [0.25, 0.3) is 0 Å². The van der Waals surface area contributed by atoms with Crippen LogP contribution in [0.2, 0.25) is 0 Å². The molecule has 1 unspecified atom stereocenters. The molecule has 10 nitrogen and oxygen atoms in total. The largest absolute Gasteiger partial charge is 0.383 e. The fourth-order valence-electron chi connectivity index (χ4n) is 5.55. The lowest BCUT2D eigenvalue weighted by molar-refractivity contribution is -0.127. The third-order valence-electron chi connectivity index (χ3n) is 7.69. The summed E-state index contributed by atoms with van der Waals surface area (Å²) in [6.07, 6.45) is 6.80. The van der Waals surface area contributed by atoms with Crippen molar-refractivity contribution in [3.63, 3.8) is 0 Å². The van der Waals surface area contributed by atoms with Crippen LogP contribution in [0, 0.1) is 0 Å². The first-order valence-electron chi connectivity index (χ1n) is 13.8. The van der Waals surface area contributed by atoms with Crippen LogP contribution in [0.15, 0.2) is 77.0 Å². The minimum atomic E-state index is -0.0806. The predicted molar refractivity (Wildman–Crippen MR) is 159 cm³/mol. The number of anilines is 2. The molecule has 0 radical (unpaired) electrons. The summed E-state index contributed by atoms with van der Waals surface area (Å²) in [5, 5.41) is 0. The second-order valence-electron chi connectivity index (χ2n) is 10.1. The molecule has 3 aliphatic rings. The number of urea groups is 1. The molecule has 5 rings (SSSR count). The van der Waals surface area contributed by atoms with Crippen LogP contribution in [0.1, 0.15) is 36.8 Å². The van der Waals surface area contributed by atoms with Gasteiger partial charge in [-0.15, -0.1) is 0 Å². The highest BCUT2D eigenvalue weighted by Crippen LogP contribution is 2.33. The lowest BCUT2D eigenvalue weighted by atomic mass is 9.98.